The summed E-state index contributed by atoms with van der Waals surface area (Å²) in [6, 6.07) is 6.29. The number of benzene rings is 1. The lowest BCUT2D eigenvalue weighted by Gasteiger charge is -2.05. The van der Waals surface area contributed by atoms with Gasteiger partial charge in [-0.2, -0.15) is 0 Å². The van der Waals surface area contributed by atoms with Crippen LogP contribution in [0.5, 0.6) is 0 Å². The Kier molecular flexibility index (Phi) is 3.93. The maximum Gasteiger partial charge on any atom is 0.238 e. The zero-order chi connectivity index (χ0) is 12.3. The summed E-state index contributed by atoms with van der Waals surface area (Å²) in [6.45, 7) is 0. The number of nitrogens with one attached hydrogen (secondary N) is 1. The Labute approximate surface area is 110 Å². The van der Waals surface area contributed by atoms with Crippen LogP contribution < -0.4 is 11.3 Å². The van der Waals surface area contributed by atoms with Gasteiger partial charge in [-0.25, -0.2) is 20.2 Å². The van der Waals surface area contributed by atoms with Crippen LogP contribution in [0, 0.1) is 5.82 Å². The Morgan fingerprint density at radius 2 is 2.24 bits per heavy atom. The standard InChI is InChI=1S/C10H8BrFN4S/c11-8-5-14-10(16-13)15-9(8)17-7-3-1-2-6(12)4-7/h1-5H,13H2,(H,14,15,16). The molecular formula is C10H8BrFN4S. The maximum absolute atomic E-state index is 13.0. The van der Waals surface area contributed by atoms with Crippen molar-refractivity contribution >= 4 is 33.6 Å². The molecule has 0 bridgehead atoms. The first-order chi connectivity index (χ1) is 8.19. The molecule has 0 unspecified atom stereocenters. The number of hydrogen-bond donors (Lipinski definition) is 2. The Morgan fingerprint density at radius 3 is 2.94 bits per heavy atom. The first-order valence-corrected chi connectivity index (χ1v) is 6.22. The molecule has 1 aromatic heterocycles. The van der Waals surface area contributed by atoms with E-state index in [0.717, 1.165) is 9.37 Å². The second-order valence-electron chi connectivity index (χ2n) is 3.05. The van der Waals surface area contributed by atoms with Crippen LogP contribution in [0.4, 0.5) is 10.3 Å². The van der Waals surface area contributed by atoms with Crippen molar-refractivity contribution in [3.63, 3.8) is 0 Å². The van der Waals surface area contributed by atoms with E-state index in [2.05, 4.69) is 31.3 Å². The van der Waals surface area contributed by atoms with E-state index in [9.17, 15) is 4.39 Å². The number of nitrogens with two attached hydrogens (primary N) is 1. The molecule has 17 heavy (non-hydrogen) atoms. The molecule has 4 nitrogen and oxygen atoms in total. The SMILES string of the molecule is NNc1ncc(Br)c(Sc2cccc(F)c2)n1. The van der Waals surface area contributed by atoms with Crippen molar-refractivity contribution in [1.82, 2.24) is 9.97 Å². The molecule has 0 radical (unpaired) electrons. The molecule has 1 heterocycles. The van der Waals surface area contributed by atoms with E-state index in [0.29, 0.717) is 11.0 Å². The summed E-state index contributed by atoms with van der Waals surface area (Å²) in [5.74, 6) is 5.26. The second kappa shape index (κ2) is 5.44. The molecule has 0 saturated carbocycles. The lowest BCUT2D eigenvalue weighted by Crippen LogP contribution is -2.10. The molecule has 0 aliphatic carbocycles. The summed E-state index contributed by atoms with van der Waals surface area (Å²) in [5, 5.41) is 0.665. The van der Waals surface area contributed by atoms with Crippen LogP contribution in [0.3, 0.4) is 0 Å². The van der Waals surface area contributed by atoms with Gasteiger partial charge in [0, 0.05) is 11.1 Å². The first kappa shape index (κ1) is 12.3. The molecule has 0 aliphatic rings. The second-order valence-corrected chi connectivity index (χ2v) is 4.97. The summed E-state index contributed by atoms with van der Waals surface area (Å²) < 4.78 is 13.8. The van der Waals surface area contributed by atoms with Gasteiger partial charge in [0.25, 0.3) is 0 Å². The van der Waals surface area contributed by atoms with Crippen LogP contribution >= 0.6 is 27.7 Å². The third-order valence-electron chi connectivity index (χ3n) is 1.85. The van der Waals surface area contributed by atoms with E-state index in [1.165, 1.54) is 23.9 Å². The van der Waals surface area contributed by atoms with E-state index in [1.54, 1.807) is 18.3 Å². The van der Waals surface area contributed by atoms with Crippen LogP contribution in [0.2, 0.25) is 0 Å². The van der Waals surface area contributed by atoms with Gasteiger partial charge in [0.1, 0.15) is 10.8 Å². The Hall–Kier alpha value is -1.18. The monoisotopic (exact) mass is 314 g/mol. The Bertz CT molecular complexity index is 537. The lowest BCUT2D eigenvalue weighted by molar-refractivity contribution is 0.624. The zero-order valence-electron chi connectivity index (χ0n) is 8.52. The highest BCUT2D eigenvalue weighted by Crippen LogP contribution is 2.32. The molecule has 0 spiro atoms. The van der Waals surface area contributed by atoms with Gasteiger partial charge in [-0.15, -0.1) is 0 Å². The molecular weight excluding hydrogens is 307 g/mol. The van der Waals surface area contributed by atoms with Crippen molar-refractivity contribution < 1.29 is 4.39 Å². The molecule has 3 N–H and O–H groups in total. The third-order valence-corrected chi connectivity index (χ3v) is 3.69. The number of hydrazine groups is 1. The minimum atomic E-state index is -0.280. The molecule has 2 aromatic rings. The average Bonchev–Trinajstić information content (AvgIpc) is 2.32. The fraction of sp³-hybridized carbons (Fsp3) is 0. The summed E-state index contributed by atoms with van der Waals surface area (Å²) in [7, 11) is 0. The fourth-order valence-corrected chi connectivity index (χ4v) is 2.39. The van der Waals surface area contributed by atoms with Gasteiger partial charge in [-0.05, 0) is 34.1 Å². The van der Waals surface area contributed by atoms with E-state index in [4.69, 9.17) is 5.84 Å². The summed E-state index contributed by atoms with van der Waals surface area (Å²) in [4.78, 5) is 8.85. The van der Waals surface area contributed by atoms with Crippen molar-refractivity contribution in [2.75, 3.05) is 5.43 Å². The molecule has 0 aliphatic heterocycles. The van der Waals surface area contributed by atoms with E-state index in [-0.39, 0.29) is 5.82 Å². The van der Waals surface area contributed by atoms with Crippen LogP contribution in [0.1, 0.15) is 0 Å². The number of aromatic nitrogens is 2. The average molecular weight is 315 g/mol. The molecule has 0 amide bonds. The highest BCUT2D eigenvalue weighted by Gasteiger charge is 2.07. The van der Waals surface area contributed by atoms with Crippen LogP contribution in [0.15, 0.2) is 44.9 Å². The van der Waals surface area contributed by atoms with Crippen molar-refractivity contribution in [2.45, 2.75) is 9.92 Å². The van der Waals surface area contributed by atoms with Crippen molar-refractivity contribution in [3.05, 3.63) is 40.8 Å². The number of rotatable bonds is 3. The Balaban J connectivity index is 2.29. The van der Waals surface area contributed by atoms with Crippen molar-refractivity contribution in [1.29, 1.82) is 0 Å². The lowest BCUT2D eigenvalue weighted by atomic mass is 10.4. The number of hydrogen-bond acceptors (Lipinski definition) is 5. The van der Waals surface area contributed by atoms with Gasteiger partial charge in [0.2, 0.25) is 5.95 Å². The minimum absolute atomic E-state index is 0.280. The fourth-order valence-electron chi connectivity index (χ4n) is 1.13. The van der Waals surface area contributed by atoms with Crippen LogP contribution in [-0.4, -0.2) is 9.97 Å². The van der Waals surface area contributed by atoms with Crippen LogP contribution in [0.25, 0.3) is 0 Å². The highest BCUT2D eigenvalue weighted by atomic mass is 79.9. The van der Waals surface area contributed by atoms with Gasteiger partial charge in [-0.1, -0.05) is 17.8 Å². The molecule has 7 heteroatoms. The molecule has 2 rings (SSSR count). The van der Waals surface area contributed by atoms with Gasteiger partial charge < -0.3 is 0 Å². The molecule has 1 aromatic carbocycles. The number of nitrogens with zero attached hydrogens (tertiary/aromatic N) is 2. The van der Waals surface area contributed by atoms with Gasteiger partial charge in [-0.3, -0.25) is 5.43 Å². The summed E-state index contributed by atoms with van der Waals surface area (Å²) in [5.41, 5.74) is 2.36. The quantitative estimate of drug-likeness (QED) is 0.518. The van der Waals surface area contributed by atoms with E-state index in [1.807, 2.05) is 0 Å². The third kappa shape index (κ3) is 3.15. The van der Waals surface area contributed by atoms with Crippen molar-refractivity contribution in [2.24, 2.45) is 5.84 Å². The highest BCUT2D eigenvalue weighted by molar-refractivity contribution is 9.10. The number of nitrogen functional groups attached to an aromatic ring is 1. The predicted octanol–water partition coefficient (Wildman–Crippen LogP) is 2.82. The largest absolute Gasteiger partial charge is 0.292 e. The van der Waals surface area contributed by atoms with E-state index >= 15 is 0 Å². The molecule has 0 saturated heterocycles. The normalized spacial score (nSPS) is 10.3. The number of halogens is 2. The smallest absolute Gasteiger partial charge is 0.238 e. The summed E-state index contributed by atoms with van der Waals surface area (Å²) in [6.07, 6.45) is 1.59. The summed E-state index contributed by atoms with van der Waals surface area (Å²) >= 11 is 4.65. The van der Waals surface area contributed by atoms with Gasteiger partial charge in [0.05, 0.1) is 4.47 Å². The topological polar surface area (TPSA) is 63.8 Å². The van der Waals surface area contributed by atoms with Gasteiger partial charge in [0.15, 0.2) is 0 Å². The maximum atomic E-state index is 13.0. The predicted molar refractivity (Wildman–Crippen MR) is 68.1 cm³/mol. The first-order valence-electron chi connectivity index (χ1n) is 4.61. The molecule has 0 atom stereocenters. The van der Waals surface area contributed by atoms with Crippen LogP contribution in [-0.2, 0) is 0 Å². The molecule has 88 valence electrons. The Morgan fingerprint density at radius 1 is 1.41 bits per heavy atom. The van der Waals surface area contributed by atoms with Gasteiger partial charge >= 0.3 is 0 Å². The van der Waals surface area contributed by atoms with Crippen molar-refractivity contribution in [3.8, 4) is 0 Å². The number of anilines is 1. The zero-order valence-corrected chi connectivity index (χ0v) is 10.9. The van der Waals surface area contributed by atoms with E-state index < -0.39 is 0 Å². The molecule has 0 fully saturated rings. The minimum Gasteiger partial charge on any atom is -0.292 e.